The maximum atomic E-state index is 10.6. The molecule has 98 valence electrons. The molecule has 0 spiro atoms. The minimum atomic E-state index is -0.524. The van der Waals surface area contributed by atoms with Crippen LogP contribution in [-0.4, -0.2) is 15.9 Å². The molecule has 2 N–H and O–H groups in total. The molecule has 2 aromatic heterocycles. The summed E-state index contributed by atoms with van der Waals surface area (Å²) in [5.74, 6) is 0.00423. The Morgan fingerprint density at radius 3 is 3.05 bits per heavy atom. The molecule has 2 aromatic rings. The number of furan rings is 1. The third kappa shape index (κ3) is 3.93. The molecule has 2 rings (SSSR count). The Morgan fingerprint density at radius 2 is 2.37 bits per heavy atom. The summed E-state index contributed by atoms with van der Waals surface area (Å²) in [7, 11) is 0. The first kappa shape index (κ1) is 13.8. The first-order chi connectivity index (χ1) is 9.04. The first-order valence-corrected chi connectivity index (χ1v) is 6.90. The molecule has 0 fully saturated rings. The highest BCUT2D eigenvalue weighted by molar-refractivity contribution is 9.10. The van der Waals surface area contributed by atoms with E-state index in [2.05, 4.69) is 25.9 Å². The van der Waals surface area contributed by atoms with E-state index in [-0.39, 0.29) is 0 Å². The van der Waals surface area contributed by atoms with E-state index in [4.69, 9.17) is 10.2 Å². The van der Waals surface area contributed by atoms with E-state index in [1.165, 1.54) is 23.9 Å². The lowest BCUT2D eigenvalue weighted by molar-refractivity contribution is -0.113. The zero-order valence-electron chi connectivity index (χ0n) is 9.96. The normalized spacial score (nSPS) is 11.1. The van der Waals surface area contributed by atoms with Gasteiger partial charge in [0.1, 0.15) is 5.76 Å². The topological polar surface area (TPSA) is 82.0 Å². The van der Waals surface area contributed by atoms with Crippen LogP contribution in [0, 0.1) is 6.92 Å². The molecule has 19 heavy (non-hydrogen) atoms. The van der Waals surface area contributed by atoms with E-state index in [0.29, 0.717) is 16.0 Å². The van der Waals surface area contributed by atoms with E-state index in [1.807, 2.05) is 13.0 Å². The van der Waals surface area contributed by atoms with Gasteiger partial charge in [0.15, 0.2) is 10.2 Å². The number of primary amides is 1. The van der Waals surface area contributed by atoms with E-state index in [0.717, 1.165) is 10.2 Å². The number of hydrogen-bond donors (Lipinski definition) is 1. The van der Waals surface area contributed by atoms with Crippen LogP contribution in [0.4, 0.5) is 0 Å². The highest BCUT2D eigenvalue weighted by Crippen LogP contribution is 2.34. The second-order valence-electron chi connectivity index (χ2n) is 3.60. The van der Waals surface area contributed by atoms with Crippen molar-refractivity contribution in [3.63, 3.8) is 0 Å². The van der Waals surface area contributed by atoms with Crippen molar-refractivity contribution in [2.75, 3.05) is 0 Å². The second-order valence-corrected chi connectivity index (χ2v) is 5.40. The van der Waals surface area contributed by atoms with Crippen molar-refractivity contribution < 1.29 is 9.21 Å². The molecule has 0 aliphatic heterocycles. The van der Waals surface area contributed by atoms with Crippen LogP contribution in [0.5, 0.6) is 0 Å². The van der Waals surface area contributed by atoms with E-state index >= 15 is 0 Å². The quantitative estimate of drug-likeness (QED) is 0.684. The highest BCUT2D eigenvalue weighted by atomic mass is 79.9. The minimum Gasteiger partial charge on any atom is -0.449 e. The van der Waals surface area contributed by atoms with Gasteiger partial charge in [0.05, 0.1) is 4.47 Å². The fourth-order valence-electron chi connectivity index (χ4n) is 1.24. The predicted octanol–water partition coefficient (Wildman–Crippen LogP) is 2.79. The number of halogens is 1. The molecular formula is C12H10BrN3O2S. The van der Waals surface area contributed by atoms with Gasteiger partial charge in [0, 0.05) is 18.0 Å². The molecule has 0 bridgehead atoms. The average molecular weight is 340 g/mol. The lowest BCUT2D eigenvalue weighted by Crippen LogP contribution is -2.04. The van der Waals surface area contributed by atoms with Gasteiger partial charge >= 0.3 is 0 Å². The Bertz CT molecular complexity index is 640. The minimum absolute atomic E-state index is 0.524. The summed E-state index contributed by atoms with van der Waals surface area (Å²) in [6, 6.07) is 3.57. The van der Waals surface area contributed by atoms with Crippen molar-refractivity contribution in [1.82, 2.24) is 9.97 Å². The van der Waals surface area contributed by atoms with Crippen LogP contribution < -0.4 is 5.73 Å². The Labute approximate surface area is 122 Å². The molecule has 0 aliphatic carbocycles. The van der Waals surface area contributed by atoms with Crippen molar-refractivity contribution >= 4 is 39.7 Å². The number of hydrogen-bond acceptors (Lipinski definition) is 5. The van der Waals surface area contributed by atoms with Gasteiger partial charge in [-0.15, -0.1) is 0 Å². The lowest BCUT2D eigenvalue weighted by Gasteiger charge is -1.97. The second kappa shape index (κ2) is 6.03. The zero-order chi connectivity index (χ0) is 13.8. The van der Waals surface area contributed by atoms with Gasteiger partial charge in [-0.1, -0.05) is 0 Å². The molecule has 0 saturated carbocycles. The van der Waals surface area contributed by atoms with Crippen LogP contribution in [0.2, 0.25) is 0 Å². The third-order valence-corrected chi connectivity index (χ3v) is 3.76. The summed E-state index contributed by atoms with van der Waals surface area (Å²) in [5, 5.41) is 1.22. The van der Waals surface area contributed by atoms with Gasteiger partial charge in [-0.2, -0.15) is 0 Å². The van der Waals surface area contributed by atoms with Crippen LogP contribution in [0.25, 0.3) is 6.08 Å². The Hall–Kier alpha value is -1.60. The molecular weight excluding hydrogens is 330 g/mol. The Kier molecular flexibility index (Phi) is 4.39. The number of aryl methyl sites for hydroxylation is 1. The number of rotatable bonds is 4. The van der Waals surface area contributed by atoms with Crippen LogP contribution >= 0.6 is 27.7 Å². The fourth-order valence-corrected chi connectivity index (χ4v) is 2.56. The smallest absolute Gasteiger partial charge is 0.241 e. The largest absolute Gasteiger partial charge is 0.449 e. The predicted molar refractivity (Wildman–Crippen MR) is 75.5 cm³/mol. The van der Waals surface area contributed by atoms with Crippen LogP contribution in [0.15, 0.2) is 43.5 Å². The van der Waals surface area contributed by atoms with Gasteiger partial charge in [-0.05, 0) is 52.8 Å². The van der Waals surface area contributed by atoms with Crippen molar-refractivity contribution in [2.45, 2.75) is 17.2 Å². The van der Waals surface area contributed by atoms with Crippen LogP contribution in [0.1, 0.15) is 11.5 Å². The summed E-state index contributed by atoms with van der Waals surface area (Å²) in [4.78, 5) is 19.1. The molecule has 0 aromatic carbocycles. The van der Waals surface area contributed by atoms with E-state index < -0.39 is 5.91 Å². The molecule has 0 radical (unpaired) electrons. The van der Waals surface area contributed by atoms with Crippen LogP contribution in [-0.2, 0) is 4.79 Å². The summed E-state index contributed by atoms with van der Waals surface area (Å²) in [6.45, 7) is 1.89. The zero-order valence-corrected chi connectivity index (χ0v) is 12.4. The average Bonchev–Trinajstić information content (AvgIpc) is 2.68. The van der Waals surface area contributed by atoms with Crippen molar-refractivity contribution in [3.8, 4) is 0 Å². The summed E-state index contributed by atoms with van der Waals surface area (Å²) in [6.07, 6.45) is 4.44. The Balaban J connectivity index is 2.19. The molecule has 0 atom stereocenters. The van der Waals surface area contributed by atoms with Gasteiger partial charge in [-0.3, -0.25) is 4.79 Å². The van der Waals surface area contributed by atoms with Crippen molar-refractivity contribution in [3.05, 3.63) is 40.3 Å². The number of carbonyl (C=O) groups is 1. The molecule has 1 amide bonds. The SMILES string of the molecule is Cc1ccnc(Sc2oc(/C=C\C(N)=O)cc2Br)n1. The third-order valence-electron chi connectivity index (χ3n) is 2.04. The Morgan fingerprint density at radius 1 is 1.58 bits per heavy atom. The maximum absolute atomic E-state index is 10.6. The summed E-state index contributed by atoms with van der Waals surface area (Å²) >= 11 is 4.68. The van der Waals surface area contributed by atoms with E-state index in [1.54, 1.807) is 12.3 Å². The van der Waals surface area contributed by atoms with Gasteiger partial charge in [-0.25, -0.2) is 9.97 Å². The number of aromatic nitrogens is 2. The molecule has 5 nitrogen and oxygen atoms in total. The monoisotopic (exact) mass is 339 g/mol. The molecule has 7 heteroatoms. The standard InChI is InChI=1S/C12H10BrN3O2S/c1-7-4-5-15-12(16-7)19-11-9(13)6-8(18-11)2-3-10(14)17/h2-6H,1H3,(H2,14,17)/b3-2-. The summed E-state index contributed by atoms with van der Waals surface area (Å²) < 4.78 is 6.32. The molecule has 0 unspecified atom stereocenters. The maximum Gasteiger partial charge on any atom is 0.241 e. The van der Waals surface area contributed by atoms with Gasteiger partial charge < -0.3 is 10.2 Å². The number of nitrogens with zero attached hydrogens (tertiary/aromatic N) is 2. The van der Waals surface area contributed by atoms with Crippen LogP contribution in [0.3, 0.4) is 0 Å². The van der Waals surface area contributed by atoms with E-state index in [9.17, 15) is 4.79 Å². The van der Waals surface area contributed by atoms with Gasteiger partial charge in [0.2, 0.25) is 5.91 Å². The first-order valence-electron chi connectivity index (χ1n) is 5.29. The highest BCUT2D eigenvalue weighted by Gasteiger charge is 2.11. The summed E-state index contributed by atoms with van der Waals surface area (Å²) in [5.41, 5.74) is 5.90. The van der Waals surface area contributed by atoms with Crippen molar-refractivity contribution in [2.24, 2.45) is 5.73 Å². The van der Waals surface area contributed by atoms with Crippen molar-refractivity contribution in [1.29, 1.82) is 0 Å². The molecule has 0 aliphatic rings. The lowest BCUT2D eigenvalue weighted by atomic mass is 10.4. The number of nitrogens with two attached hydrogens (primary N) is 1. The molecule has 0 saturated heterocycles. The van der Waals surface area contributed by atoms with Gasteiger partial charge in [0.25, 0.3) is 0 Å². The molecule has 2 heterocycles. The number of amides is 1. The fraction of sp³-hybridized carbons (Fsp3) is 0.0833. The number of carbonyl (C=O) groups excluding carboxylic acids is 1.